The number of nitrogens with two attached hydrogens (primary N) is 1. The van der Waals surface area contributed by atoms with Crippen LogP contribution in [0.15, 0.2) is 24.3 Å². The fourth-order valence-electron chi connectivity index (χ4n) is 1.64. The number of ether oxygens (including phenoxy) is 2. The third kappa shape index (κ3) is 7.33. The molecule has 3 nitrogen and oxygen atoms in total. The fourth-order valence-corrected chi connectivity index (χ4v) is 1.82. The highest BCUT2D eigenvalue weighted by molar-refractivity contribution is 7.80. The third-order valence-corrected chi connectivity index (χ3v) is 3.24. The van der Waals surface area contributed by atoms with E-state index in [1.54, 1.807) is 0 Å². The first-order valence-electron chi connectivity index (χ1n) is 6.98. The van der Waals surface area contributed by atoms with Crippen molar-refractivity contribution in [2.24, 2.45) is 5.73 Å². The number of benzene rings is 1. The molecule has 0 saturated carbocycles. The molecule has 0 radical (unpaired) electrons. The van der Waals surface area contributed by atoms with Crippen molar-refractivity contribution in [3.05, 3.63) is 24.3 Å². The minimum absolute atomic E-state index is 0.207. The minimum Gasteiger partial charge on any atom is -0.494 e. The quantitative estimate of drug-likeness (QED) is 0.511. The summed E-state index contributed by atoms with van der Waals surface area (Å²) >= 11 is 4.16. The van der Waals surface area contributed by atoms with Crippen molar-refractivity contribution in [2.75, 3.05) is 19.0 Å². The molecule has 0 aliphatic heterocycles. The van der Waals surface area contributed by atoms with E-state index in [9.17, 15) is 0 Å². The Labute approximate surface area is 121 Å². The van der Waals surface area contributed by atoms with E-state index < -0.39 is 0 Å². The zero-order valence-corrected chi connectivity index (χ0v) is 12.6. The van der Waals surface area contributed by atoms with Gasteiger partial charge in [0.1, 0.15) is 11.5 Å². The molecule has 1 unspecified atom stereocenters. The van der Waals surface area contributed by atoms with Crippen LogP contribution in [0.1, 0.15) is 32.6 Å². The van der Waals surface area contributed by atoms with Crippen molar-refractivity contribution in [3.8, 4) is 11.5 Å². The Morgan fingerprint density at radius 1 is 1.05 bits per heavy atom. The van der Waals surface area contributed by atoms with Gasteiger partial charge < -0.3 is 15.2 Å². The Kier molecular flexibility index (Phi) is 8.50. The van der Waals surface area contributed by atoms with E-state index in [0.29, 0.717) is 0 Å². The Morgan fingerprint density at radius 2 is 1.63 bits per heavy atom. The first kappa shape index (κ1) is 16.2. The summed E-state index contributed by atoms with van der Waals surface area (Å²) in [5, 5.41) is 0. The van der Waals surface area contributed by atoms with Crippen molar-refractivity contribution in [1.29, 1.82) is 0 Å². The van der Waals surface area contributed by atoms with Crippen LogP contribution < -0.4 is 15.2 Å². The molecule has 108 valence electrons. The van der Waals surface area contributed by atoms with Crippen molar-refractivity contribution >= 4 is 12.6 Å². The van der Waals surface area contributed by atoms with Crippen molar-refractivity contribution in [3.63, 3.8) is 0 Å². The highest BCUT2D eigenvalue weighted by Crippen LogP contribution is 2.18. The van der Waals surface area contributed by atoms with Crippen LogP contribution in [0.2, 0.25) is 0 Å². The lowest BCUT2D eigenvalue weighted by Gasteiger charge is -2.09. The lowest BCUT2D eigenvalue weighted by molar-refractivity contribution is 0.300. The average molecular weight is 283 g/mol. The standard InChI is InChI=1S/C15H25NO2S/c1-2-10-17-14-6-8-15(9-7-14)18-11-4-3-5-13(16)12-19/h6-9,13,19H,2-5,10-12,16H2,1H3. The molecule has 1 rings (SSSR count). The molecule has 4 heteroatoms. The third-order valence-electron chi connectivity index (χ3n) is 2.77. The Balaban J connectivity index is 2.15. The number of hydrogen-bond donors (Lipinski definition) is 2. The molecule has 0 aliphatic rings. The lowest BCUT2D eigenvalue weighted by Crippen LogP contribution is -2.21. The molecule has 0 saturated heterocycles. The second-order valence-electron chi connectivity index (χ2n) is 4.61. The first-order valence-corrected chi connectivity index (χ1v) is 7.61. The van der Waals surface area contributed by atoms with Crippen LogP contribution in [0, 0.1) is 0 Å². The van der Waals surface area contributed by atoms with Crippen LogP contribution in [0.25, 0.3) is 0 Å². The highest BCUT2D eigenvalue weighted by Gasteiger charge is 2.00. The van der Waals surface area contributed by atoms with Gasteiger partial charge >= 0.3 is 0 Å². The Morgan fingerprint density at radius 3 is 2.16 bits per heavy atom. The smallest absolute Gasteiger partial charge is 0.119 e. The predicted octanol–water partition coefficient (Wildman–Crippen LogP) is 3.28. The van der Waals surface area contributed by atoms with Crippen LogP contribution in [-0.4, -0.2) is 25.0 Å². The van der Waals surface area contributed by atoms with Gasteiger partial charge in [-0.25, -0.2) is 0 Å². The molecule has 1 aromatic rings. The summed E-state index contributed by atoms with van der Waals surface area (Å²) in [5.74, 6) is 2.54. The van der Waals surface area contributed by atoms with Gasteiger partial charge in [0.15, 0.2) is 0 Å². The van der Waals surface area contributed by atoms with Crippen LogP contribution in [0.3, 0.4) is 0 Å². The number of rotatable bonds is 10. The Bertz CT molecular complexity index is 329. The molecule has 2 N–H and O–H groups in total. The monoisotopic (exact) mass is 283 g/mol. The lowest BCUT2D eigenvalue weighted by atomic mass is 10.1. The molecule has 19 heavy (non-hydrogen) atoms. The van der Waals surface area contributed by atoms with E-state index in [1.807, 2.05) is 24.3 Å². The second-order valence-corrected chi connectivity index (χ2v) is 4.97. The van der Waals surface area contributed by atoms with Crippen molar-refractivity contribution in [1.82, 2.24) is 0 Å². The van der Waals surface area contributed by atoms with E-state index in [1.165, 1.54) is 0 Å². The maximum absolute atomic E-state index is 5.79. The molecule has 1 aromatic carbocycles. The maximum atomic E-state index is 5.79. The normalized spacial score (nSPS) is 12.2. The summed E-state index contributed by atoms with van der Waals surface area (Å²) in [4.78, 5) is 0. The van der Waals surface area contributed by atoms with Gasteiger partial charge in [0.05, 0.1) is 13.2 Å². The van der Waals surface area contributed by atoms with Gasteiger partial charge in [-0.2, -0.15) is 12.6 Å². The fraction of sp³-hybridized carbons (Fsp3) is 0.600. The summed E-state index contributed by atoms with van der Waals surface area (Å²) < 4.78 is 11.2. The highest BCUT2D eigenvalue weighted by atomic mass is 32.1. The van der Waals surface area contributed by atoms with Crippen LogP contribution in [0.4, 0.5) is 0 Å². The van der Waals surface area contributed by atoms with E-state index >= 15 is 0 Å². The van der Waals surface area contributed by atoms with Crippen molar-refractivity contribution < 1.29 is 9.47 Å². The van der Waals surface area contributed by atoms with Gasteiger partial charge in [-0.05, 0) is 49.9 Å². The summed E-state index contributed by atoms with van der Waals surface area (Å²) in [7, 11) is 0. The molecule has 0 amide bonds. The van der Waals surface area contributed by atoms with Crippen LogP contribution in [0.5, 0.6) is 11.5 Å². The van der Waals surface area contributed by atoms with Gasteiger partial charge in [-0.1, -0.05) is 6.92 Å². The second kappa shape index (κ2) is 9.98. The molecular weight excluding hydrogens is 258 g/mol. The van der Waals surface area contributed by atoms with Crippen LogP contribution in [-0.2, 0) is 0 Å². The minimum atomic E-state index is 0.207. The summed E-state index contributed by atoms with van der Waals surface area (Å²) in [5.41, 5.74) is 5.79. The number of hydrogen-bond acceptors (Lipinski definition) is 4. The van der Waals surface area contributed by atoms with Gasteiger partial charge in [0.25, 0.3) is 0 Å². The molecule has 1 atom stereocenters. The number of thiol groups is 1. The molecule has 0 aromatic heterocycles. The Hall–Kier alpha value is -0.870. The van der Waals surface area contributed by atoms with Gasteiger partial charge in [0.2, 0.25) is 0 Å². The van der Waals surface area contributed by atoms with Gasteiger partial charge in [-0.15, -0.1) is 0 Å². The van der Waals surface area contributed by atoms with Gasteiger partial charge in [-0.3, -0.25) is 0 Å². The summed E-state index contributed by atoms with van der Waals surface area (Å²) in [6.45, 7) is 3.58. The average Bonchev–Trinajstić information content (AvgIpc) is 2.45. The molecule has 0 spiro atoms. The van der Waals surface area contributed by atoms with Crippen molar-refractivity contribution in [2.45, 2.75) is 38.6 Å². The van der Waals surface area contributed by atoms with E-state index in [4.69, 9.17) is 15.2 Å². The predicted molar refractivity (Wildman–Crippen MR) is 83.4 cm³/mol. The SMILES string of the molecule is CCCOc1ccc(OCCCCC(N)CS)cc1. The van der Waals surface area contributed by atoms with Gasteiger partial charge in [0, 0.05) is 11.8 Å². The molecule has 0 fully saturated rings. The molecule has 0 bridgehead atoms. The zero-order valence-electron chi connectivity index (χ0n) is 11.7. The topological polar surface area (TPSA) is 44.5 Å². The first-order chi connectivity index (χ1) is 9.26. The molecular formula is C15H25NO2S. The molecule has 0 heterocycles. The van der Waals surface area contributed by atoms with E-state index in [0.717, 1.165) is 56.1 Å². The van der Waals surface area contributed by atoms with E-state index in [2.05, 4.69) is 19.6 Å². The number of unbranched alkanes of at least 4 members (excludes halogenated alkanes) is 1. The molecule has 0 aliphatic carbocycles. The summed E-state index contributed by atoms with van der Waals surface area (Å²) in [6, 6.07) is 8.00. The maximum Gasteiger partial charge on any atom is 0.119 e. The van der Waals surface area contributed by atoms with E-state index in [-0.39, 0.29) is 6.04 Å². The largest absolute Gasteiger partial charge is 0.494 e. The summed E-state index contributed by atoms with van der Waals surface area (Å²) in [6.07, 6.45) is 4.14. The zero-order chi connectivity index (χ0) is 13.9. The van der Waals surface area contributed by atoms with Crippen LogP contribution >= 0.6 is 12.6 Å².